The van der Waals surface area contributed by atoms with Gasteiger partial charge in [-0.25, -0.2) is 4.39 Å². The lowest BCUT2D eigenvalue weighted by atomic mass is 10.0. The van der Waals surface area contributed by atoms with Gasteiger partial charge in [0.25, 0.3) is 0 Å². The zero-order chi connectivity index (χ0) is 14.3. The molecule has 2 N–H and O–H groups in total. The number of methoxy groups -OCH3 is 1. The van der Waals surface area contributed by atoms with Gasteiger partial charge in [0.2, 0.25) is 0 Å². The lowest BCUT2D eigenvalue weighted by Crippen LogP contribution is -2.38. The van der Waals surface area contributed by atoms with Crippen LogP contribution in [0.4, 0.5) is 4.39 Å². The largest absolute Gasteiger partial charge is 0.383 e. The molecule has 1 atom stereocenters. The first-order chi connectivity index (χ1) is 9.08. The summed E-state index contributed by atoms with van der Waals surface area (Å²) in [6.07, 6.45) is 0. The molecule has 0 fully saturated rings. The highest BCUT2D eigenvalue weighted by molar-refractivity contribution is 5.20. The minimum atomic E-state index is -0.216. The van der Waals surface area contributed by atoms with Crippen molar-refractivity contribution in [2.75, 3.05) is 33.4 Å². The van der Waals surface area contributed by atoms with Crippen molar-refractivity contribution < 1.29 is 9.13 Å². The normalized spacial score (nSPS) is 13.2. The highest BCUT2D eigenvalue weighted by Gasteiger charge is 2.19. The van der Waals surface area contributed by atoms with E-state index in [0.717, 1.165) is 18.7 Å². The summed E-state index contributed by atoms with van der Waals surface area (Å²) in [7, 11) is 1.70. The van der Waals surface area contributed by atoms with Gasteiger partial charge in [0, 0.05) is 32.8 Å². The van der Waals surface area contributed by atoms with Gasteiger partial charge in [-0.1, -0.05) is 26.0 Å². The zero-order valence-electron chi connectivity index (χ0n) is 12.1. The fourth-order valence-electron chi connectivity index (χ4n) is 2.23. The molecule has 0 aliphatic heterocycles. The predicted octanol–water partition coefficient (Wildman–Crippen LogP) is 2.43. The lowest BCUT2D eigenvalue weighted by Gasteiger charge is -2.32. The maximum atomic E-state index is 13.0. The summed E-state index contributed by atoms with van der Waals surface area (Å²) < 4.78 is 18.2. The minimum absolute atomic E-state index is 0.109. The summed E-state index contributed by atoms with van der Waals surface area (Å²) >= 11 is 0. The van der Waals surface area contributed by atoms with Crippen molar-refractivity contribution in [2.24, 2.45) is 11.7 Å². The van der Waals surface area contributed by atoms with Gasteiger partial charge in [0.1, 0.15) is 5.82 Å². The predicted molar refractivity (Wildman–Crippen MR) is 76.5 cm³/mol. The minimum Gasteiger partial charge on any atom is -0.383 e. The maximum absolute atomic E-state index is 13.0. The summed E-state index contributed by atoms with van der Waals surface area (Å²) in [5.41, 5.74) is 6.97. The first kappa shape index (κ1) is 16.1. The number of benzene rings is 1. The van der Waals surface area contributed by atoms with E-state index in [2.05, 4.69) is 18.7 Å². The fourth-order valence-corrected chi connectivity index (χ4v) is 2.23. The Morgan fingerprint density at radius 2 is 1.89 bits per heavy atom. The van der Waals surface area contributed by atoms with Crippen LogP contribution >= 0.6 is 0 Å². The number of ether oxygens (including phenoxy) is 1. The van der Waals surface area contributed by atoms with Crippen LogP contribution in [0.5, 0.6) is 0 Å². The second kappa shape index (κ2) is 8.25. The summed E-state index contributed by atoms with van der Waals surface area (Å²) in [6.45, 7) is 7.32. The molecule has 0 heterocycles. The third-order valence-electron chi connectivity index (χ3n) is 3.10. The van der Waals surface area contributed by atoms with Crippen LogP contribution in [0, 0.1) is 11.7 Å². The molecule has 1 aromatic rings. The molecule has 0 aromatic heterocycles. The molecule has 0 aliphatic carbocycles. The average Bonchev–Trinajstić information content (AvgIpc) is 2.38. The van der Waals surface area contributed by atoms with Gasteiger partial charge in [-0.3, -0.25) is 4.90 Å². The van der Waals surface area contributed by atoms with Gasteiger partial charge in [0.05, 0.1) is 6.61 Å². The maximum Gasteiger partial charge on any atom is 0.123 e. The molecular weight excluding hydrogens is 243 g/mol. The summed E-state index contributed by atoms with van der Waals surface area (Å²) in [5, 5.41) is 0. The SMILES string of the molecule is COCCN(CC(C)C)C(CN)c1ccc(F)cc1. The standard InChI is InChI=1S/C15H25FN2O/c1-12(2)11-18(8-9-19-3)15(10-17)13-4-6-14(16)7-5-13/h4-7,12,15H,8-11,17H2,1-3H3. The van der Waals surface area contributed by atoms with Gasteiger partial charge in [0.15, 0.2) is 0 Å². The number of halogens is 1. The first-order valence-corrected chi connectivity index (χ1v) is 6.77. The van der Waals surface area contributed by atoms with Crippen molar-refractivity contribution in [1.82, 2.24) is 4.90 Å². The van der Waals surface area contributed by atoms with Crippen LogP contribution in [-0.4, -0.2) is 38.3 Å². The number of nitrogens with two attached hydrogens (primary N) is 1. The molecule has 108 valence electrons. The van der Waals surface area contributed by atoms with E-state index in [1.165, 1.54) is 12.1 Å². The lowest BCUT2D eigenvalue weighted by molar-refractivity contribution is 0.112. The molecule has 0 radical (unpaired) electrons. The van der Waals surface area contributed by atoms with Crippen LogP contribution in [0.3, 0.4) is 0 Å². The van der Waals surface area contributed by atoms with Crippen molar-refractivity contribution in [2.45, 2.75) is 19.9 Å². The molecule has 4 heteroatoms. The monoisotopic (exact) mass is 268 g/mol. The Kier molecular flexibility index (Phi) is 6.99. The third-order valence-corrected chi connectivity index (χ3v) is 3.10. The topological polar surface area (TPSA) is 38.5 Å². The molecule has 0 saturated heterocycles. The zero-order valence-corrected chi connectivity index (χ0v) is 12.1. The Labute approximate surface area is 115 Å². The molecule has 1 unspecified atom stereocenters. The molecule has 0 aliphatic rings. The van der Waals surface area contributed by atoms with Crippen LogP contribution in [0.1, 0.15) is 25.5 Å². The smallest absolute Gasteiger partial charge is 0.123 e. The average molecular weight is 268 g/mol. The Morgan fingerprint density at radius 1 is 1.26 bits per heavy atom. The summed E-state index contributed by atoms with van der Waals surface area (Å²) in [6, 6.07) is 6.71. The van der Waals surface area contributed by atoms with E-state index in [4.69, 9.17) is 10.5 Å². The van der Waals surface area contributed by atoms with Crippen LogP contribution in [-0.2, 0) is 4.74 Å². The second-order valence-corrected chi connectivity index (χ2v) is 5.18. The van der Waals surface area contributed by atoms with E-state index in [1.807, 2.05) is 12.1 Å². The second-order valence-electron chi connectivity index (χ2n) is 5.18. The Balaban J connectivity index is 2.84. The van der Waals surface area contributed by atoms with Crippen molar-refractivity contribution in [1.29, 1.82) is 0 Å². The number of rotatable bonds is 8. The fraction of sp³-hybridized carbons (Fsp3) is 0.600. The van der Waals surface area contributed by atoms with Crippen LogP contribution in [0.25, 0.3) is 0 Å². The van der Waals surface area contributed by atoms with E-state index in [-0.39, 0.29) is 11.9 Å². The van der Waals surface area contributed by atoms with Crippen molar-refractivity contribution in [3.63, 3.8) is 0 Å². The molecule has 0 spiro atoms. The Hall–Kier alpha value is -0.970. The number of hydrogen-bond acceptors (Lipinski definition) is 3. The van der Waals surface area contributed by atoms with Gasteiger partial charge in [-0.2, -0.15) is 0 Å². The van der Waals surface area contributed by atoms with E-state index < -0.39 is 0 Å². The van der Waals surface area contributed by atoms with Crippen LogP contribution in [0.15, 0.2) is 24.3 Å². The van der Waals surface area contributed by atoms with E-state index in [1.54, 1.807) is 7.11 Å². The number of hydrogen-bond donors (Lipinski definition) is 1. The van der Waals surface area contributed by atoms with Crippen LogP contribution in [0.2, 0.25) is 0 Å². The molecular formula is C15H25FN2O. The van der Waals surface area contributed by atoms with Crippen molar-refractivity contribution >= 4 is 0 Å². The highest BCUT2D eigenvalue weighted by atomic mass is 19.1. The number of nitrogens with zero attached hydrogens (tertiary/aromatic N) is 1. The molecule has 0 amide bonds. The van der Waals surface area contributed by atoms with Gasteiger partial charge in [-0.05, 0) is 23.6 Å². The highest BCUT2D eigenvalue weighted by Crippen LogP contribution is 2.21. The van der Waals surface area contributed by atoms with Crippen molar-refractivity contribution in [3.8, 4) is 0 Å². The van der Waals surface area contributed by atoms with Crippen LogP contribution < -0.4 is 5.73 Å². The third kappa shape index (κ3) is 5.27. The molecule has 0 bridgehead atoms. The van der Waals surface area contributed by atoms with Crippen molar-refractivity contribution in [3.05, 3.63) is 35.6 Å². The quantitative estimate of drug-likeness (QED) is 0.787. The molecule has 1 rings (SSSR count). The van der Waals surface area contributed by atoms with Gasteiger partial charge < -0.3 is 10.5 Å². The molecule has 1 aromatic carbocycles. The Bertz CT molecular complexity index is 354. The van der Waals surface area contributed by atoms with E-state index in [0.29, 0.717) is 19.1 Å². The summed E-state index contributed by atoms with van der Waals surface area (Å²) in [5.74, 6) is 0.332. The van der Waals surface area contributed by atoms with E-state index in [9.17, 15) is 4.39 Å². The van der Waals surface area contributed by atoms with Gasteiger partial charge >= 0.3 is 0 Å². The summed E-state index contributed by atoms with van der Waals surface area (Å²) in [4.78, 5) is 2.31. The molecule has 3 nitrogen and oxygen atoms in total. The van der Waals surface area contributed by atoms with E-state index >= 15 is 0 Å². The Morgan fingerprint density at radius 3 is 2.37 bits per heavy atom. The molecule has 19 heavy (non-hydrogen) atoms. The first-order valence-electron chi connectivity index (χ1n) is 6.77. The van der Waals surface area contributed by atoms with Gasteiger partial charge in [-0.15, -0.1) is 0 Å². The molecule has 0 saturated carbocycles.